The first-order chi connectivity index (χ1) is 7.24. The third-order valence-corrected chi connectivity index (χ3v) is 1.91. The van der Waals surface area contributed by atoms with Crippen molar-refractivity contribution in [2.24, 2.45) is 0 Å². The number of aryl methyl sites for hydroxylation is 1. The summed E-state index contributed by atoms with van der Waals surface area (Å²) in [6.07, 6.45) is -0.441. The Labute approximate surface area is 89.2 Å². The van der Waals surface area contributed by atoms with Crippen LogP contribution in [0, 0.1) is 6.92 Å². The zero-order valence-corrected chi connectivity index (χ0v) is 8.95. The fourth-order valence-electron chi connectivity index (χ4n) is 1.10. The summed E-state index contributed by atoms with van der Waals surface area (Å²) in [7, 11) is 1.33. The maximum absolute atomic E-state index is 10.7. The number of rotatable bonds is 4. The van der Waals surface area contributed by atoms with Gasteiger partial charge in [-0.15, -0.1) is 0 Å². The highest BCUT2D eigenvalue weighted by Gasteiger charge is 1.99. The van der Waals surface area contributed by atoms with Gasteiger partial charge in [0, 0.05) is 0 Å². The second-order valence-corrected chi connectivity index (χ2v) is 3.03. The van der Waals surface area contributed by atoms with E-state index >= 15 is 0 Å². The average molecular weight is 209 g/mol. The van der Waals surface area contributed by atoms with Crippen molar-refractivity contribution in [2.75, 3.05) is 20.3 Å². The summed E-state index contributed by atoms with van der Waals surface area (Å²) in [6.45, 7) is 2.84. The number of nitrogens with one attached hydrogen (secondary N) is 1. The van der Waals surface area contributed by atoms with Crippen molar-refractivity contribution in [2.45, 2.75) is 6.92 Å². The molecule has 0 spiro atoms. The van der Waals surface area contributed by atoms with E-state index in [4.69, 9.17) is 4.74 Å². The number of para-hydroxylation sites is 1. The summed E-state index contributed by atoms with van der Waals surface area (Å²) in [5, 5.41) is 2.54. The quantitative estimate of drug-likeness (QED) is 0.768. The van der Waals surface area contributed by atoms with E-state index in [9.17, 15) is 4.79 Å². The van der Waals surface area contributed by atoms with Gasteiger partial charge in [-0.2, -0.15) is 0 Å². The summed E-state index contributed by atoms with van der Waals surface area (Å²) in [4.78, 5) is 10.7. The lowest BCUT2D eigenvalue weighted by Gasteiger charge is -2.08. The Morgan fingerprint density at radius 3 is 2.80 bits per heavy atom. The third-order valence-electron chi connectivity index (χ3n) is 1.91. The molecular weight excluding hydrogens is 194 g/mol. The minimum absolute atomic E-state index is 0.431. The molecule has 4 nitrogen and oxygen atoms in total. The Morgan fingerprint density at radius 2 is 2.13 bits per heavy atom. The van der Waals surface area contributed by atoms with Gasteiger partial charge in [-0.1, -0.05) is 18.2 Å². The predicted molar refractivity (Wildman–Crippen MR) is 57.1 cm³/mol. The van der Waals surface area contributed by atoms with Crippen LogP contribution in [0.3, 0.4) is 0 Å². The van der Waals surface area contributed by atoms with Crippen molar-refractivity contribution in [3.8, 4) is 5.75 Å². The molecule has 0 unspecified atom stereocenters. The number of alkyl carbamates (subject to hydrolysis) is 1. The van der Waals surface area contributed by atoms with E-state index in [-0.39, 0.29) is 0 Å². The van der Waals surface area contributed by atoms with Crippen LogP contribution in [-0.2, 0) is 4.74 Å². The first-order valence-electron chi connectivity index (χ1n) is 4.74. The van der Waals surface area contributed by atoms with Crippen LogP contribution in [0.5, 0.6) is 5.75 Å². The van der Waals surface area contributed by atoms with Crippen LogP contribution in [0.25, 0.3) is 0 Å². The minimum Gasteiger partial charge on any atom is -0.491 e. The highest BCUT2D eigenvalue weighted by molar-refractivity contribution is 5.66. The fraction of sp³-hybridized carbons (Fsp3) is 0.364. The van der Waals surface area contributed by atoms with Crippen molar-refractivity contribution < 1.29 is 14.3 Å². The molecule has 0 aromatic heterocycles. The first kappa shape index (κ1) is 11.4. The van der Waals surface area contributed by atoms with Crippen LogP contribution < -0.4 is 10.1 Å². The van der Waals surface area contributed by atoms with Crippen LogP contribution in [0.1, 0.15) is 5.56 Å². The Morgan fingerprint density at radius 1 is 1.40 bits per heavy atom. The highest BCUT2D eigenvalue weighted by Crippen LogP contribution is 2.15. The lowest BCUT2D eigenvalue weighted by atomic mass is 10.2. The highest BCUT2D eigenvalue weighted by atomic mass is 16.5. The second kappa shape index (κ2) is 5.90. The molecule has 82 valence electrons. The van der Waals surface area contributed by atoms with Crippen molar-refractivity contribution in [1.29, 1.82) is 0 Å². The Balaban J connectivity index is 2.26. The zero-order chi connectivity index (χ0) is 11.1. The SMILES string of the molecule is COC(=O)NCCOc1ccccc1C. The molecule has 1 aromatic rings. The molecule has 0 saturated heterocycles. The normalized spacial score (nSPS) is 9.47. The summed E-state index contributed by atoms with van der Waals surface area (Å²) in [6, 6.07) is 7.74. The number of ether oxygens (including phenoxy) is 2. The fourth-order valence-corrected chi connectivity index (χ4v) is 1.10. The molecule has 0 aliphatic rings. The van der Waals surface area contributed by atoms with Gasteiger partial charge in [0.25, 0.3) is 0 Å². The van der Waals surface area contributed by atoms with Gasteiger partial charge in [-0.25, -0.2) is 4.79 Å². The van der Waals surface area contributed by atoms with Gasteiger partial charge in [0.15, 0.2) is 0 Å². The summed E-state index contributed by atoms with van der Waals surface area (Å²) < 4.78 is 9.88. The lowest BCUT2D eigenvalue weighted by molar-refractivity contribution is 0.168. The van der Waals surface area contributed by atoms with Gasteiger partial charge in [0.2, 0.25) is 0 Å². The number of carbonyl (C=O) groups excluding carboxylic acids is 1. The molecule has 0 bridgehead atoms. The molecule has 1 rings (SSSR count). The van der Waals surface area contributed by atoms with E-state index in [1.807, 2.05) is 31.2 Å². The van der Waals surface area contributed by atoms with Gasteiger partial charge < -0.3 is 14.8 Å². The van der Waals surface area contributed by atoms with Crippen LogP contribution in [0.4, 0.5) is 4.79 Å². The van der Waals surface area contributed by atoms with Gasteiger partial charge in [0.05, 0.1) is 13.7 Å². The number of methoxy groups -OCH3 is 1. The number of amides is 1. The minimum atomic E-state index is -0.441. The van der Waals surface area contributed by atoms with Crippen molar-refractivity contribution in [1.82, 2.24) is 5.32 Å². The summed E-state index contributed by atoms with van der Waals surface area (Å²) in [5.74, 6) is 0.837. The Kier molecular flexibility index (Phi) is 4.47. The van der Waals surface area contributed by atoms with E-state index in [1.54, 1.807) is 0 Å². The van der Waals surface area contributed by atoms with E-state index in [0.29, 0.717) is 13.2 Å². The Hall–Kier alpha value is -1.71. The molecule has 1 N–H and O–H groups in total. The molecule has 1 amide bonds. The van der Waals surface area contributed by atoms with E-state index in [1.165, 1.54) is 7.11 Å². The molecule has 1 aromatic carbocycles. The smallest absolute Gasteiger partial charge is 0.406 e. The lowest BCUT2D eigenvalue weighted by Crippen LogP contribution is -2.27. The van der Waals surface area contributed by atoms with Gasteiger partial charge in [-0.05, 0) is 18.6 Å². The van der Waals surface area contributed by atoms with Crippen LogP contribution in [0.2, 0.25) is 0 Å². The van der Waals surface area contributed by atoms with Crippen LogP contribution in [0.15, 0.2) is 24.3 Å². The van der Waals surface area contributed by atoms with E-state index in [0.717, 1.165) is 11.3 Å². The maximum atomic E-state index is 10.7. The Bertz CT molecular complexity index is 325. The molecule has 0 aliphatic carbocycles. The molecule has 4 heteroatoms. The maximum Gasteiger partial charge on any atom is 0.406 e. The predicted octanol–water partition coefficient (Wildman–Crippen LogP) is 1.73. The third kappa shape index (κ3) is 3.89. The van der Waals surface area contributed by atoms with Gasteiger partial charge >= 0.3 is 6.09 Å². The zero-order valence-electron chi connectivity index (χ0n) is 8.95. The van der Waals surface area contributed by atoms with Gasteiger partial charge in [-0.3, -0.25) is 0 Å². The van der Waals surface area contributed by atoms with Crippen molar-refractivity contribution in [3.63, 3.8) is 0 Å². The largest absolute Gasteiger partial charge is 0.491 e. The standard InChI is InChI=1S/C11H15NO3/c1-9-5-3-4-6-10(9)15-8-7-12-11(13)14-2/h3-6H,7-8H2,1-2H3,(H,12,13). The molecule has 0 aliphatic heterocycles. The molecule has 0 atom stereocenters. The van der Waals surface area contributed by atoms with Crippen LogP contribution >= 0.6 is 0 Å². The molecule has 0 radical (unpaired) electrons. The molecule has 15 heavy (non-hydrogen) atoms. The molecular formula is C11H15NO3. The summed E-state index contributed by atoms with van der Waals surface area (Å²) in [5.41, 5.74) is 1.08. The topological polar surface area (TPSA) is 47.6 Å². The number of hydrogen-bond donors (Lipinski definition) is 1. The first-order valence-corrected chi connectivity index (χ1v) is 4.74. The van der Waals surface area contributed by atoms with Gasteiger partial charge in [0.1, 0.15) is 12.4 Å². The summed E-state index contributed by atoms with van der Waals surface area (Å²) >= 11 is 0. The van der Waals surface area contributed by atoms with E-state index < -0.39 is 6.09 Å². The molecule has 0 fully saturated rings. The monoisotopic (exact) mass is 209 g/mol. The van der Waals surface area contributed by atoms with E-state index in [2.05, 4.69) is 10.1 Å². The van der Waals surface area contributed by atoms with Crippen molar-refractivity contribution in [3.05, 3.63) is 29.8 Å². The molecule has 0 saturated carbocycles. The second-order valence-electron chi connectivity index (χ2n) is 3.03. The number of carbonyl (C=O) groups is 1. The molecule has 0 heterocycles. The number of hydrogen-bond acceptors (Lipinski definition) is 3. The number of benzene rings is 1. The van der Waals surface area contributed by atoms with Crippen molar-refractivity contribution >= 4 is 6.09 Å². The average Bonchev–Trinajstić information content (AvgIpc) is 2.26. The van der Waals surface area contributed by atoms with Crippen LogP contribution in [-0.4, -0.2) is 26.4 Å².